The van der Waals surface area contributed by atoms with Gasteiger partial charge in [-0.1, -0.05) is 31.2 Å². The Bertz CT molecular complexity index is 1270. The molecule has 2 fully saturated rings. The van der Waals surface area contributed by atoms with Crippen LogP contribution in [-0.2, 0) is 16.1 Å². The van der Waals surface area contributed by atoms with Crippen LogP contribution < -0.4 is 10.5 Å². The summed E-state index contributed by atoms with van der Waals surface area (Å²) in [6, 6.07) is 4.94. The fourth-order valence-electron chi connectivity index (χ4n) is 4.82. The number of amidine groups is 1. The van der Waals surface area contributed by atoms with Crippen LogP contribution in [0, 0.1) is 16.7 Å². The van der Waals surface area contributed by atoms with E-state index in [2.05, 4.69) is 10.1 Å². The molecule has 40 heavy (non-hydrogen) atoms. The highest BCUT2D eigenvalue weighted by Gasteiger charge is 2.50. The number of aromatic nitrogens is 3. The Morgan fingerprint density at radius 2 is 1.85 bits per heavy atom. The lowest BCUT2D eigenvalue weighted by Crippen LogP contribution is -2.52. The first kappa shape index (κ1) is 29.0. The van der Waals surface area contributed by atoms with E-state index in [4.69, 9.17) is 20.6 Å². The van der Waals surface area contributed by atoms with Crippen LogP contribution in [0.5, 0.6) is 6.01 Å². The molecule has 0 bridgehead atoms. The second-order valence-electron chi connectivity index (χ2n) is 10.7. The minimum Gasteiger partial charge on any atom is -0.480 e. The molecule has 14 nitrogen and oxygen atoms in total. The fraction of sp³-hybridized carbons (Fsp3) is 0.538. The number of urea groups is 1. The number of nitrogens with two attached hydrogens (primary N) is 1. The first-order chi connectivity index (χ1) is 18.9. The molecule has 2 aromatic rings. The zero-order chi connectivity index (χ0) is 29.2. The molecule has 1 aromatic carbocycles. The van der Waals surface area contributed by atoms with Crippen molar-refractivity contribution in [2.75, 3.05) is 39.5 Å². The highest BCUT2D eigenvalue weighted by molar-refractivity contribution is 5.94. The number of nitrogens with zero attached hydrogens (tertiary/aromatic N) is 5. The summed E-state index contributed by atoms with van der Waals surface area (Å²) in [6.45, 7) is 6.08. The number of hydrogen-bond acceptors (Lipinski definition) is 9. The predicted molar refractivity (Wildman–Crippen MR) is 141 cm³/mol. The van der Waals surface area contributed by atoms with E-state index in [1.54, 1.807) is 43.0 Å². The van der Waals surface area contributed by atoms with Crippen molar-refractivity contribution in [1.82, 2.24) is 24.6 Å². The number of carboxylic acid groups (broad SMARTS) is 1. The van der Waals surface area contributed by atoms with Crippen LogP contribution >= 0.6 is 0 Å². The van der Waals surface area contributed by atoms with Crippen molar-refractivity contribution in [2.45, 2.75) is 39.3 Å². The molecule has 5 N–H and O–H groups in total. The van der Waals surface area contributed by atoms with E-state index in [-0.39, 0.29) is 36.7 Å². The van der Waals surface area contributed by atoms with E-state index in [0.717, 1.165) is 4.68 Å². The molecule has 2 aliphatic rings. The number of carbonyl (C=O) groups excluding carboxylic acids is 2. The number of carbonyl (C=O) groups is 3. The number of rotatable bonds is 8. The molecule has 3 unspecified atom stereocenters. The quantitative estimate of drug-likeness (QED) is 0.265. The normalized spacial score (nSPS) is 21.4. The Labute approximate surface area is 231 Å². The van der Waals surface area contributed by atoms with Crippen LogP contribution in [0.1, 0.15) is 48.4 Å². The van der Waals surface area contributed by atoms with Crippen molar-refractivity contribution in [3.8, 4) is 6.01 Å². The van der Waals surface area contributed by atoms with E-state index in [0.29, 0.717) is 37.4 Å². The van der Waals surface area contributed by atoms with Crippen molar-refractivity contribution in [2.24, 2.45) is 17.1 Å². The van der Waals surface area contributed by atoms with Crippen LogP contribution in [0.15, 0.2) is 24.3 Å². The maximum atomic E-state index is 13.3. The number of amides is 2. The molecule has 14 heteroatoms. The summed E-state index contributed by atoms with van der Waals surface area (Å²) in [4.78, 5) is 46.4. The van der Waals surface area contributed by atoms with Gasteiger partial charge in [0.2, 0.25) is 0 Å². The molecular weight excluding hydrogens is 522 g/mol. The second kappa shape index (κ2) is 11.6. The molecule has 2 amide bonds. The minimum atomic E-state index is -1.26. The number of nitrogen functional groups attached to an aromatic ring is 1. The number of hydrogen-bond donors (Lipinski definition) is 4. The average molecular weight is 558 g/mol. The molecule has 1 aromatic heterocycles. The van der Waals surface area contributed by atoms with E-state index in [9.17, 15) is 24.6 Å². The standard InChI is InChI=1S/C26H35N7O7/c1-15-12-32(25(38)31-8-10-39-11-9-31)19(22(35)36)18(15)21-29-24(33(30-21)23(37)26(2,3)14-34)40-13-16-4-6-17(7-5-16)20(27)28/h4-7,15,18-19,34H,8-14H2,1-3H3,(H3,27,28)(H,35,36). The highest BCUT2D eigenvalue weighted by Crippen LogP contribution is 2.38. The van der Waals surface area contributed by atoms with Crippen molar-refractivity contribution in [1.29, 1.82) is 5.41 Å². The molecule has 0 saturated carbocycles. The first-order valence-electron chi connectivity index (χ1n) is 13.0. The lowest BCUT2D eigenvalue weighted by molar-refractivity contribution is -0.142. The van der Waals surface area contributed by atoms with E-state index < -0.39 is 41.9 Å². The van der Waals surface area contributed by atoms with Crippen molar-refractivity contribution in [3.05, 3.63) is 41.2 Å². The molecule has 2 saturated heterocycles. The van der Waals surface area contributed by atoms with E-state index >= 15 is 0 Å². The summed E-state index contributed by atoms with van der Waals surface area (Å²) in [5.74, 6) is -2.97. The maximum absolute atomic E-state index is 13.3. The number of aliphatic carboxylic acids is 1. The highest BCUT2D eigenvalue weighted by atomic mass is 16.5. The van der Waals surface area contributed by atoms with Gasteiger partial charge in [-0.25, -0.2) is 9.59 Å². The van der Waals surface area contributed by atoms with Gasteiger partial charge in [-0.15, -0.1) is 9.78 Å². The van der Waals surface area contributed by atoms with Crippen LogP contribution in [0.3, 0.4) is 0 Å². The predicted octanol–water partition coefficient (Wildman–Crippen LogP) is 0.741. The topological polar surface area (TPSA) is 197 Å². The number of likely N-dealkylation sites (tertiary alicyclic amines) is 1. The number of nitrogens with one attached hydrogen (secondary N) is 1. The molecule has 3 heterocycles. The molecule has 0 aliphatic carbocycles. The number of ether oxygens (including phenoxy) is 2. The SMILES string of the molecule is CC1CN(C(=O)N2CCOCC2)C(C(=O)O)C1c1nc(OCc2ccc(C(=N)N)cc2)n(C(=O)C(C)(C)CO)n1. The van der Waals surface area contributed by atoms with Gasteiger partial charge in [-0.2, -0.15) is 4.98 Å². The van der Waals surface area contributed by atoms with Crippen molar-refractivity contribution >= 4 is 23.7 Å². The zero-order valence-corrected chi connectivity index (χ0v) is 22.7. The number of aliphatic hydroxyl groups is 1. The summed E-state index contributed by atoms with van der Waals surface area (Å²) < 4.78 is 12.1. The van der Waals surface area contributed by atoms with Crippen molar-refractivity contribution in [3.63, 3.8) is 0 Å². The number of benzene rings is 1. The zero-order valence-electron chi connectivity index (χ0n) is 22.7. The van der Waals surface area contributed by atoms with Gasteiger partial charge in [0.1, 0.15) is 18.5 Å². The van der Waals surface area contributed by atoms with Gasteiger partial charge < -0.3 is 35.2 Å². The van der Waals surface area contributed by atoms with Gasteiger partial charge in [0.25, 0.3) is 5.91 Å². The van der Waals surface area contributed by atoms with Gasteiger partial charge in [0, 0.05) is 25.2 Å². The molecule has 2 aliphatic heterocycles. The Kier molecular flexibility index (Phi) is 8.40. The van der Waals surface area contributed by atoms with Crippen LogP contribution in [0.4, 0.5) is 4.79 Å². The van der Waals surface area contributed by atoms with Crippen LogP contribution in [-0.4, -0.2) is 104 Å². The average Bonchev–Trinajstić information content (AvgIpc) is 3.52. The Balaban J connectivity index is 1.66. The van der Waals surface area contributed by atoms with Crippen LogP contribution in [0.2, 0.25) is 0 Å². The molecule has 3 atom stereocenters. The second-order valence-corrected chi connectivity index (χ2v) is 10.7. The largest absolute Gasteiger partial charge is 0.480 e. The summed E-state index contributed by atoms with van der Waals surface area (Å²) >= 11 is 0. The molecular formula is C26H35N7O7. The third-order valence-electron chi connectivity index (χ3n) is 7.25. The lowest BCUT2D eigenvalue weighted by atomic mass is 9.91. The maximum Gasteiger partial charge on any atom is 0.327 e. The summed E-state index contributed by atoms with van der Waals surface area (Å²) in [5.41, 5.74) is 5.53. The first-order valence-corrected chi connectivity index (χ1v) is 13.0. The van der Waals surface area contributed by atoms with Gasteiger partial charge in [0.05, 0.1) is 31.2 Å². The molecule has 0 spiro atoms. The lowest BCUT2D eigenvalue weighted by Gasteiger charge is -2.33. The minimum absolute atomic E-state index is 0.00657. The summed E-state index contributed by atoms with van der Waals surface area (Å²) in [7, 11) is 0. The van der Waals surface area contributed by atoms with Crippen LogP contribution in [0.25, 0.3) is 0 Å². The smallest absolute Gasteiger partial charge is 0.327 e. The number of morpholine rings is 1. The molecule has 0 radical (unpaired) electrons. The number of carboxylic acids is 1. The monoisotopic (exact) mass is 557 g/mol. The third-order valence-corrected chi connectivity index (χ3v) is 7.25. The Morgan fingerprint density at radius 3 is 2.42 bits per heavy atom. The Morgan fingerprint density at radius 1 is 1.20 bits per heavy atom. The fourth-order valence-corrected chi connectivity index (χ4v) is 4.82. The van der Waals surface area contributed by atoms with Crippen molar-refractivity contribution < 1.29 is 34.1 Å². The van der Waals surface area contributed by atoms with Gasteiger partial charge in [-0.3, -0.25) is 10.2 Å². The molecule has 4 rings (SSSR count). The van der Waals surface area contributed by atoms with Gasteiger partial charge in [0.15, 0.2) is 5.82 Å². The molecule has 216 valence electrons. The summed E-state index contributed by atoms with van der Waals surface area (Å²) in [6.07, 6.45) is 0. The number of aliphatic hydroxyl groups excluding tert-OH is 1. The Hall–Kier alpha value is -4.04. The van der Waals surface area contributed by atoms with Gasteiger partial charge in [-0.05, 0) is 25.3 Å². The van der Waals surface area contributed by atoms with Gasteiger partial charge >= 0.3 is 18.0 Å². The van der Waals surface area contributed by atoms with E-state index in [1.165, 1.54) is 4.90 Å². The third kappa shape index (κ3) is 5.77. The summed E-state index contributed by atoms with van der Waals surface area (Å²) in [5, 5.41) is 31.9. The van der Waals surface area contributed by atoms with E-state index in [1.807, 2.05) is 6.92 Å².